The van der Waals surface area contributed by atoms with Crippen molar-refractivity contribution in [1.82, 2.24) is 9.55 Å². The van der Waals surface area contributed by atoms with Crippen LogP contribution in [-0.4, -0.2) is 15.6 Å². The van der Waals surface area contributed by atoms with Gasteiger partial charge in [0.15, 0.2) is 0 Å². The van der Waals surface area contributed by atoms with Crippen LogP contribution in [-0.2, 0) is 13.0 Å². The lowest BCUT2D eigenvalue weighted by Crippen LogP contribution is -2.18. The predicted octanol–water partition coefficient (Wildman–Crippen LogP) is 3.28. The summed E-state index contributed by atoms with van der Waals surface area (Å²) in [5, 5.41) is 1.27. The maximum absolute atomic E-state index is 5.99. The zero-order valence-corrected chi connectivity index (χ0v) is 12.6. The molecule has 108 valence electrons. The number of aryl methyl sites for hydroxylation is 1. The van der Waals surface area contributed by atoms with E-state index in [1.54, 1.807) is 0 Å². The number of nitrogens with zero attached hydrogens (tertiary/aromatic N) is 2. The topological polar surface area (TPSA) is 43.8 Å². The smallest absolute Gasteiger partial charge is 0.0651 e. The summed E-state index contributed by atoms with van der Waals surface area (Å²) < 4.78 is 2.28. The summed E-state index contributed by atoms with van der Waals surface area (Å²) in [6.45, 7) is 4.96. The Morgan fingerprint density at radius 2 is 2.05 bits per heavy atom. The van der Waals surface area contributed by atoms with Crippen LogP contribution in [0.4, 0.5) is 0 Å². The zero-order valence-electron chi connectivity index (χ0n) is 12.6. The molecule has 0 bridgehead atoms. The Morgan fingerprint density at radius 1 is 1.19 bits per heavy atom. The number of aromatic nitrogens is 2. The van der Waals surface area contributed by atoms with Gasteiger partial charge in [-0.05, 0) is 48.9 Å². The Bertz CT molecular complexity index is 756. The van der Waals surface area contributed by atoms with E-state index in [1.165, 1.54) is 22.0 Å². The number of nitrogens with two attached hydrogens (primary N) is 1. The average Bonchev–Trinajstić information content (AvgIpc) is 2.85. The fourth-order valence-corrected chi connectivity index (χ4v) is 2.83. The first-order valence-electron chi connectivity index (χ1n) is 7.38. The molecule has 2 heterocycles. The predicted molar refractivity (Wildman–Crippen MR) is 87.4 cm³/mol. The number of fused-ring (bicyclic) bond motifs is 1. The molecule has 1 unspecified atom stereocenters. The maximum atomic E-state index is 5.99. The molecule has 3 heteroatoms. The van der Waals surface area contributed by atoms with E-state index in [4.69, 9.17) is 5.73 Å². The molecule has 0 saturated carbocycles. The molecule has 0 saturated heterocycles. The average molecular weight is 279 g/mol. The first-order chi connectivity index (χ1) is 10.1. The van der Waals surface area contributed by atoms with Gasteiger partial charge in [0.1, 0.15) is 0 Å². The van der Waals surface area contributed by atoms with E-state index in [0.717, 1.165) is 18.7 Å². The van der Waals surface area contributed by atoms with E-state index in [-0.39, 0.29) is 6.04 Å². The minimum atomic E-state index is 0.163. The monoisotopic (exact) mass is 279 g/mol. The van der Waals surface area contributed by atoms with Crippen LogP contribution < -0.4 is 5.73 Å². The summed E-state index contributed by atoms with van der Waals surface area (Å²) in [6, 6.07) is 12.9. The molecule has 21 heavy (non-hydrogen) atoms. The SMILES string of the molecule is Cc1cccnc1Cn1ccc2cccc(CC(C)N)c21. The van der Waals surface area contributed by atoms with Gasteiger partial charge >= 0.3 is 0 Å². The highest BCUT2D eigenvalue weighted by atomic mass is 15.0. The van der Waals surface area contributed by atoms with Crippen LogP contribution in [0.15, 0.2) is 48.8 Å². The number of rotatable bonds is 4. The van der Waals surface area contributed by atoms with Crippen LogP contribution in [0.2, 0.25) is 0 Å². The van der Waals surface area contributed by atoms with Crippen molar-refractivity contribution >= 4 is 10.9 Å². The molecule has 0 aliphatic heterocycles. The van der Waals surface area contributed by atoms with Gasteiger partial charge in [0.25, 0.3) is 0 Å². The van der Waals surface area contributed by atoms with Gasteiger partial charge in [-0.25, -0.2) is 0 Å². The van der Waals surface area contributed by atoms with Crippen LogP contribution >= 0.6 is 0 Å². The third-order valence-electron chi connectivity index (χ3n) is 3.85. The van der Waals surface area contributed by atoms with Gasteiger partial charge in [0, 0.05) is 18.4 Å². The Labute approximate surface area is 125 Å². The molecule has 3 nitrogen and oxygen atoms in total. The number of pyridine rings is 1. The molecule has 3 aromatic rings. The first-order valence-corrected chi connectivity index (χ1v) is 7.38. The summed E-state index contributed by atoms with van der Waals surface area (Å²) in [4.78, 5) is 4.51. The van der Waals surface area contributed by atoms with Crippen molar-refractivity contribution in [2.45, 2.75) is 32.9 Å². The molecule has 1 atom stereocenters. The summed E-state index contributed by atoms with van der Waals surface area (Å²) in [7, 11) is 0. The number of benzene rings is 1. The van der Waals surface area contributed by atoms with E-state index < -0.39 is 0 Å². The lowest BCUT2D eigenvalue weighted by molar-refractivity contribution is 0.732. The largest absolute Gasteiger partial charge is 0.341 e. The first kappa shape index (κ1) is 13.8. The number of hydrogen-bond acceptors (Lipinski definition) is 2. The molecule has 0 aliphatic rings. The third-order valence-corrected chi connectivity index (χ3v) is 3.85. The molecule has 0 amide bonds. The highest BCUT2D eigenvalue weighted by molar-refractivity contribution is 5.83. The van der Waals surface area contributed by atoms with Crippen LogP contribution in [0, 0.1) is 6.92 Å². The van der Waals surface area contributed by atoms with Gasteiger partial charge in [-0.2, -0.15) is 0 Å². The van der Waals surface area contributed by atoms with E-state index in [2.05, 4.69) is 59.9 Å². The molecule has 2 aromatic heterocycles. The molecular formula is C18H21N3. The molecular weight excluding hydrogens is 258 g/mol. The summed E-state index contributed by atoms with van der Waals surface area (Å²) in [5.74, 6) is 0. The van der Waals surface area contributed by atoms with Crippen molar-refractivity contribution in [3.63, 3.8) is 0 Å². The lowest BCUT2D eigenvalue weighted by Gasteiger charge is -2.12. The normalized spacial score (nSPS) is 12.7. The van der Waals surface area contributed by atoms with E-state index in [1.807, 2.05) is 12.3 Å². The Morgan fingerprint density at radius 3 is 2.81 bits per heavy atom. The second kappa shape index (κ2) is 5.70. The molecule has 0 radical (unpaired) electrons. The van der Waals surface area contributed by atoms with Crippen molar-refractivity contribution in [3.8, 4) is 0 Å². The Kier molecular flexibility index (Phi) is 3.76. The van der Waals surface area contributed by atoms with Gasteiger partial charge in [-0.3, -0.25) is 4.98 Å². The van der Waals surface area contributed by atoms with Crippen LogP contribution in [0.5, 0.6) is 0 Å². The molecule has 0 fully saturated rings. The lowest BCUT2D eigenvalue weighted by atomic mass is 10.0. The fraction of sp³-hybridized carbons (Fsp3) is 0.278. The van der Waals surface area contributed by atoms with Crippen LogP contribution in [0.25, 0.3) is 10.9 Å². The van der Waals surface area contributed by atoms with Crippen molar-refractivity contribution in [1.29, 1.82) is 0 Å². The maximum Gasteiger partial charge on any atom is 0.0651 e. The van der Waals surface area contributed by atoms with Gasteiger partial charge in [-0.15, -0.1) is 0 Å². The van der Waals surface area contributed by atoms with Crippen LogP contribution in [0.3, 0.4) is 0 Å². The van der Waals surface area contributed by atoms with Crippen molar-refractivity contribution in [2.75, 3.05) is 0 Å². The summed E-state index contributed by atoms with van der Waals surface area (Å²) in [5.41, 5.74) is 10.9. The molecule has 1 aromatic carbocycles. The standard InChI is InChI=1S/C18H21N3/c1-13-5-4-9-20-17(13)12-21-10-8-15-6-3-7-16(18(15)21)11-14(2)19/h3-10,14H,11-12,19H2,1-2H3. The van der Waals surface area contributed by atoms with Gasteiger partial charge < -0.3 is 10.3 Å². The molecule has 0 aliphatic carbocycles. The van der Waals surface area contributed by atoms with Crippen molar-refractivity contribution in [2.24, 2.45) is 5.73 Å². The number of hydrogen-bond donors (Lipinski definition) is 1. The highest BCUT2D eigenvalue weighted by Crippen LogP contribution is 2.22. The Hall–Kier alpha value is -2.13. The second-order valence-electron chi connectivity index (χ2n) is 5.75. The minimum absolute atomic E-state index is 0.163. The highest BCUT2D eigenvalue weighted by Gasteiger charge is 2.09. The van der Waals surface area contributed by atoms with Gasteiger partial charge in [0.05, 0.1) is 17.8 Å². The zero-order chi connectivity index (χ0) is 14.8. The Balaban J connectivity index is 2.05. The van der Waals surface area contributed by atoms with E-state index in [9.17, 15) is 0 Å². The van der Waals surface area contributed by atoms with Crippen molar-refractivity contribution < 1.29 is 0 Å². The summed E-state index contributed by atoms with van der Waals surface area (Å²) in [6.07, 6.45) is 4.89. The molecule has 2 N–H and O–H groups in total. The van der Waals surface area contributed by atoms with Crippen LogP contribution in [0.1, 0.15) is 23.7 Å². The van der Waals surface area contributed by atoms with Gasteiger partial charge in [0.2, 0.25) is 0 Å². The summed E-state index contributed by atoms with van der Waals surface area (Å²) >= 11 is 0. The van der Waals surface area contributed by atoms with E-state index in [0.29, 0.717) is 0 Å². The number of para-hydroxylation sites is 1. The second-order valence-corrected chi connectivity index (χ2v) is 5.75. The quantitative estimate of drug-likeness (QED) is 0.796. The fourth-order valence-electron chi connectivity index (χ4n) is 2.83. The third kappa shape index (κ3) is 2.83. The minimum Gasteiger partial charge on any atom is -0.341 e. The molecule has 0 spiro atoms. The van der Waals surface area contributed by atoms with E-state index >= 15 is 0 Å². The van der Waals surface area contributed by atoms with Gasteiger partial charge in [-0.1, -0.05) is 24.3 Å². The molecule has 3 rings (SSSR count). The van der Waals surface area contributed by atoms with Crippen molar-refractivity contribution in [3.05, 3.63) is 65.6 Å².